The molecule has 0 spiro atoms. The molecule has 3 rings (SSSR count). The fraction of sp³-hybridized carbons (Fsp3) is 0.118. The molecule has 3 nitrogen and oxygen atoms in total. The molecule has 3 aromatic rings. The zero-order valence-electron chi connectivity index (χ0n) is 11.7. The highest BCUT2D eigenvalue weighted by Gasteiger charge is 2.06. The van der Waals surface area contributed by atoms with Crippen molar-refractivity contribution in [1.29, 1.82) is 0 Å². The lowest BCUT2D eigenvalue weighted by Crippen LogP contribution is -2.14. The van der Waals surface area contributed by atoms with Crippen molar-refractivity contribution in [3.8, 4) is 0 Å². The Morgan fingerprint density at radius 1 is 1.05 bits per heavy atom. The van der Waals surface area contributed by atoms with Crippen molar-refractivity contribution in [3.63, 3.8) is 0 Å². The third kappa shape index (κ3) is 3.26. The van der Waals surface area contributed by atoms with Crippen molar-refractivity contribution < 1.29 is 4.79 Å². The first kappa shape index (κ1) is 14.9. The molecule has 0 aliphatic rings. The average molecular weight is 333 g/mol. The minimum Gasteiger partial charge on any atom is -0.347 e. The van der Waals surface area contributed by atoms with Gasteiger partial charge in [0.15, 0.2) is 0 Å². The predicted octanol–water partition coefficient (Wildman–Crippen LogP) is 4.98. The van der Waals surface area contributed by atoms with E-state index in [0.717, 1.165) is 5.52 Å². The highest BCUT2D eigenvalue weighted by molar-refractivity contribution is 6.42. The summed E-state index contributed by atoms with van der Waals surface area (Å²) in [4.78, 5) is 12.0. The number of nitrogens with one attached hydrogen (secondary N) is 1. The van der Waals surface area contributed by atoms with Gasteiger partial charge in [0.2, 0.25) is 5.91 Å². The summed E-state index contributed by atoms with van der Waals surface area (Å²) in [7, 11) is 0. The number of anilines is 1. The van der Waals surface area contributed by atoms with Crippen molar-refractivity contribution in [2.45, 2.75) is 13.0 Å². The van der Waals surface area contributed by atoms with Gasteiger partial charge in [-0.2, -0.15) is 0 Å². The zero-order valence-corrected chi connectivity index (χ0v) is 13.2. The number of fused-ring (bicyclic) bond motifs is 1. The Bertz CT molecular complexity index is 826. The molecule has 0 saturated heterocycles. The van der Waals surface area contributed by atoms with E-state index in [9.17, 15) is 4.79 Å². The molecule has 0 radical (unpaired) electrons. The lowest BCUT2D eigenvalue weighted by Gasteiger charge is -2.08. The molecule has 0 aliphatic carbocycles. The normalized spacial score (nSPS) is 10.8. The highest BCUT2D eigenvalue weighted by atomic mass is 35.5. The number of hydrogen-bond donors (Lipinski definition) is 1. The Kier molecular flexibility index (Phi) is 4.36. The van der Waals surface area contributed by atoms with Gasteiger partial charge >= 0.3 is 0 Å². The molecule has 0 aliphatic heterocycles. The standard InChI is InChI=1S/C17H14Cl2N2O/c18-14-6-5-13(11-15(14)19)20-17(22)8-10-21-9-7-12-3-1-2-4-16(12)21/h1-7,9,11H,8,10H2,(H,20,22). The molecule has 1 N–H and O–H groups in total. The van der Waals surface area contributed by atoms with Gasteiger partial charge in [-0.05, 0) is 35.7 Å². The number of benzene rings is 2. The second kappa shape index (κ2) is 6.42. The number of para-hydroxylation sites is 1. The minimum atomic E-state index is -0.0591. The van der Waals surface area contributed by atoms with Gasteiger partial charge in [0.25, 0.3) is 0 Å². The summed E-state index contributed by atoms with van der Waals surface area (Å²) in [6.45, 7) is 0.626. The summed E-state index contributed by atoms with van der Waals surface area (Å²) >= 11 is 11.8. The molecule has 0 bridgehead atoms. The third-order valence-electron chi connectivity index (χ3n) is 3.46. The van der Waals surface area contributed by atoms with Crippen LogP contribution in [0.4, 0.5) is 5.69 Å². The predicted molar refractivity (Wildman–Crippen MR) is 91.6 cm³/mol. The Morgan fingerprint density at radius 2 is 1.86 bits per heavy atom. The molecule has 1 heterocycles. The lowest BCUT2D eigenvalue weighted by molar-refractivity contribution is -0.116. The lowest BCUT2D eigenvalue weighted by atomic mass is 10.2. The van der Waals surface area contributed by atoms with Crippen LogP contribution >= 0.6 is 23.2 Å². The second-order valence-electron chi connectivity index (χ2n) is 5.00. The van der Waals surface area contributed by atoms with Crippen LogP contribution in [0.15, 0.2) is 54.7 Å². The van der Waals surface area contributed by atoms with Crippen LogP contribution in [0.5, 0.6) is 0 Å². The first-order chi connectivity index (χ1) is 10.6. The van der Waals surface area contributed by atoms with E-state index >= 15 is 0 Å². The maximum absolute atomic E-state index is 12.0. The molecule has 1 amide bonds. The number of aryl methyl sites for hydroxylation is 1. The van der Waals surface area contributed by atoms with E-state index in [4.69, 9.17) is 23.2 Å². The topological polar surface area (TPSA) is 34.0 Å². The van der Waals surface area contributed by atoms with Gasteiger partial charge in [-0.25, -0.2) is 0 Å². The molecule has 1 aromatic heterocycles. The summed E-state index contributed by atoms with van der Waals surface area (Å²) in [6.07, 6.45) is 2.38. The van der Waals surface area contributed by atoms with Crippen LogP contribution in [0, 0.1) is 0 Å². The number of hydrogen-bond acceptors (Lipinski definition) is 1. The van der Waals surface area contributed by atoms with E-state index in [1.165, 1.54) is 5.39 Å². The van der Waals surface area contributed by atoms with E-state index in [-0.39, 0.29) is 5.91 Å². The highest BCUT2D eigenvalue weighted by Crippen LogP contribution is 2.25. The van der Waals surface area contributed by atoms with Crippen molar-refractivity contribution in [3.05, 3.63) is 64.8 Å². The molecular formula is C17H14Cl2N2O. The fourth-order valence-electron chi connectivity index (χ4n) is 2.35. The van der Waals surface area contributed by atoms with E-state index in [0.29, 0.717) is 28.7 Å². The van der Waals surface area contributed by atoms with Crippen molar-refractivity contribution in [2.24, 2.45) is 0 Å². The number of rotatable bonds is 4. The van der Waals surface area contributed by atoms with Crippen LogP contribution in [0.1, 0.15) is 6.42 Å². The van der Waals surface area contributed by atoms with Crippen LogP contribution in [-0.2, 0) is 11.3 Å². The SMILES string of the molecule is O=C(CCn1ccc2ccccc21)Nc1ccc(Cl)c(Cl)c1. The second-order valence-corrected chi connectivity index (χ2v) is 5.81. The van der Waals surface area contributed by atoms with Crippen LogP contribution in [-0.4, -0.2) is 10.5 Å². The molecular weight excluding hydrogens is 319 g/mol. The fourth-order valence-corrected chi connectivity index (χ4v) is 2.65. The van der Waals surface area contributed by atoms with Gasteiger partial charge in [-0.3, -0.25) is 4.79 Å². The number of halogens is 2. The quantitative estimate of drug-likeness (QED) is 0.718. The number of carbonyl (C=O) groups excluding carboxylic acids is 1. The number of nitrogens with zero attached hydrogens (tertiary/aromatic N) is 1. The Balaban J connectivity index is 1.63. The number of carbonyl (C=O) groups is 1. The summed E-state index contributed by atoms with van der Waals surface area (Å²) in [5, 5.41) is 4.90. The molecule has 0 atom stereocenters. The minimum absolute atomic E-state index is 0.0591. The monoisotopic (exact) mass is 332 g/mol. The largest absolute Gasteiger partial charge is 0.347 e. The van der Waals surface area contributed by atoms with Crippen LogP contribution in [0.25, 0.3) is 10.9 Å². The first-order valence-corrected chi connectivity index (χ1v) is 7.68. The number of aromatic nitrogens is 1. The van der Waals surface area contributed by atoms with Gasteiger partial charge < -0.3 is 9.88 Å². The Morgan fingerprint density at radius 3 is 2.68 bits per heavy atom. The van der Waals surface area contributed by atoms with Crippen LogP contribution in [0.2, 0.25) is 10.0 Å². The van der Waals surface area contributed by atoms with E-state index in [2.05, 4.69) is 16.0 Å². The van der Waals surface area contributed by atoms with Crippen molar-refractivity contribution in [1.82, 2.24) is 4.57 Å². The van der Waals surface area contributed by atoms with E-state index < -0.39 is 0 Å². The summed E-state index contributed by atoms with van der Waals surface area (Å²) in [5.41, 5.74) is 1.78. The molecule has 5 heteroatoms. The number of amides is 1. The first-order valence-electron chi connectivity index (χ1n) is 6.92. The maximum Gasteiger partial charge on any atom is 0.226 e. The van der Waals surface area contributed by atoms with Gasteiger partial charge in [-0.1, -0.05) is 41.4 Å². The van der Waals surface area contributed by atoms with Crippen molar-refractivity contribution in [2.75, 3.05) is 5.32 Å². The van der Waals surface area contributed by atoms with E-state index in [1.807, 2.05) is 30.5 Å². The van der Waals surface area contributed by atoms with Crippen molar-refractivity contribution >= 4 is 45.7 Å². The molecule has 112 valence electrons. The summed E-state index contributed by atoms with van der Waals surface area (Å²) < 4.78 is 2.07. The average Bonchev–Trinajstić information content (AvgIpc) is 2.92. The van der Waals surface area contributed by atoms with Gasteiger partial charge in [0.1, 0.15) is 0 Å². The van der Waals surface area contributed by atoms with Gasteiger partial charge in [0.05, 0.1) is 10.0 Å². The molecule has 0 fully saturated rings. The smallest absolute Gasteiger partial charge is 0.226 e. The molecule has 22 heavy (non-hydrogen) atoms. The molecule has 0 unspecified atom stereocenters. The van der Waals surface area contributed by atoms with Gasteiger partial charge in [-0.15, -0.1) is 0 Å². The summed E-state index contributed by atoms with van der Waals surface area (Å²) in [6, 6.07) is 15.2. The zero-order chi connectivity index (χ0) is 15.5. The Hall–Kier alpha value is -1.97. The maximum atomic E-state index is 12.0. The van der Waals surface area contributed by atoms with Gasteiger partial charge in [0, 0.05) is 30.4 Å². The van der Waals surface area contributed by atoms with E-state index in [1.54, 1.807) is 18.2 Å². The molecule has 0 saturated carbocycles. The van der Waals surface area contributed by atoms with Crippen LogP contribution < -0.4 is 5.32 Å². The Labute approximate surface area is 138 Å². The third-order valence-corrected chi connectivity index (χ3v) is 4.20. The van der Waals surface area contributed by atoms with Crippen LogP contribution in [0.3, 0.4) is 0 Å². The summed E-state index contributed by atoms with van der Waals surface area (Å²) in [5.74, 6) is -0.0591. The molecule has 2 aromatic carbocycles.